The van der Waals surface area contributed by atoms with Gasteiger partial charge in [0, 0.05) is 19.6 Å². The van der Waals surface area contributed by atoms with Gasteiger partial charge in [-0.1, -0.05) is 0 Å². The molecule has 1 fully saturated rings. The number of alkyl halides is 3. The molecular weight excluding hydrogens is 253 g/mol. The maximum Gasteiger partial charge on any atom is 0.416 e. The fraction of sp³-hybridized carbons (Fsp3) is 0.571. The van der Waals surface area contributed by atoms with Crippen LogP contribution < -0.4 is 10.2 Å². The zero-order valence-corrected chi connectivity index (χ0v) is 10.7. The molecule has 5 heteroatoms. The van der Waals surface area contributed by atoms with Crippen LogP contribution in [0.3, 0.4) is 0 Å². The average Bonchev–Trinajstić information content (AvgIpc) is 2.86. The van der Waals surface area contributed by atoms with Crippen molar-refractivity contribution < 1.29 is 13.2 Å². The molecule has 1 aromatic carbocycles. The van der Waals surface area contributed by atoms with Gasteiger partial charge in [0.2, 0.25) is 0 Å². The van der Waals surface area contributed by atoms with Gasteiger partial charge in [-0.2, -0.15) is 13.2 Å². The maximum atomic E-state index is 13.0. The lowest BCUT2D eigenvalue weighted by molar-refractivity contribution is -0.138. The molecule has 2 nitrogen and oxygen atoms in total. The van der Waals surface area contributed by atoms with Crippen molar-refractivity contribution >= 4 is 11.4 Å². The van der Waals surface area contributed by atoms with Crippen LogP contribution >= 0.6 is 0 Å². The van der Waals surface area contributed by atoms with E-state index in [4.69, 9.17) is 0 Å². The minimum Gasteiger partial charge on any atom is -0.383 e. The Hall–Kier alpha value is -1.39. The summed E-state index contributed by atoms with van der Waals surface area (Å²) in [5.74, 6) is 0. The number of fused-ring (bicyclic) bond motifs is 1. The molecule has 2 aliphatic heterocycles. The highest BCUT2D eigenvalue weighted by Crippen LogP contribution is 2.42. The molecule has 2 aliphatic rings. The van der Waals surface area contributed by atoms with E-state index in [9.17, 15) is 13.2 Å². The van der Waals surface area contributed by atoms with E-state index in [0.29, 0.717) is 24.2 Å². The molecule has 1 saturated heterocycles. The van der Waals surface area contributed by atoms with Gasteiger partial charge in [0.05, 0.1) is 16.9 Å². The summed E-state index contributed by atoms with van der Waals surface area (Å²) < 4.78 is 38.9. The van der Waals surface area contributed by atoms with Crippen molar-refractivity contribution in [1.82, 2.24) is 0 Å². The Morgan fingerprint density at radius 2 is 1.79 bits per heavy atom. The number of piperidine rings is 1. The van der Waals surface area contributed by atoms with Crippen LogP contribution in [-0.4, -0.2) is 19.6 Å². The molecule has 0 radical (unpaired) electrons. The van der Waals surface area contributed by atoms with E-state index < -0.39 is 11.7 Å². The molecule has 19 heavy (non-hydrogen) atoms. The summed E-state index contributed by atoms with van der Waals surface area (Å²) in [7, 11) is 0. The molecule has 2 heterocycles. The fourth-order valence-electron chi connectivity index (χ4n) is 3.07. The number of halogens is 3. The van der Waals surface area contributed by atoms with Gasteiger partial charge in [0.25, 0.3) is 0 Å². The Morgan fingerprint density at radius 3 is 2.47 bits per heavy atom. The number of hydrogen-bond donors (Lipinski definition) is 1. The average molecular weight is 270 g/mol. The lowest BCUT2D eigenvalue weighted by Gasteiger charge is -2.31. The minimum absolute atomic E-state index is 0.440. The summed E-state index contributed by atoms with van der Waals surface area (Å²) >= 11 is 0. The van der Waals surface area contributed by atoms with Gasteiger partial charge in [-0.05, 0) is 43.4 Å². The molecule has 0 aromatic heterocycles. The van der Waals surface area contributed by atoms with Crippen LogP contribution in [0.15, 0.2) is 12.1 Å². The van der Waals surface area contributed by atoms with Gasteiger partial charge in [0.15, 0.2) is 0 Å². The van der Waals surface area contributed by atoms with Crippen molar-refractivity contribution in [1.29, 1.82) is 0 Å². The third-order valence-corrected chi connectivity index (χ3v) is 3.97. The highest BCUT2D eigenvalue weighted by atomic mass is 19.4. The quantitative estimate of drug-likeness (QED) is 0.837. The van der Waals surface area contributed by atoms with Crippen molar-refractivity contribution in [2.45, 2.75) is 31.9 Å². The number of hydrogen-bond acceptors (Lipinski definition) is 2. The first-order valence-corrected chi connectivity index (χ1v) is 6.79. The van der Waals surface area contributed by atoms with Crippen LogP contribution in [-0.2, 0) is 12.6 Å². The Morgan fingerprint density at radius 1 is 1.05 bits per heavy atom. The van der Waals surface area contributed by atoms with E-state index in [1.54, 1.807) is 6.07 Å². The fourth-order valence-corrected chi connectivity index (χ4v) is 3.07. The SMILES string of the molecule is FC(F)(F)c1ccc(N2CCCCC2)c2c1CCN2. The highest BCUT2D eigenvalue weighted by Gasteiger charge is 2.36. The van der Waals surface area contributed by atoms with Gasteiger partial charge in [-0.15, -0.1) is 0 Å². The molecule has 0 aliphatic carbocycles. The van der Waals surface area contributed by atoms with Gasteiger partial charge in [-0.3, -0.25) is 0 Å². The molecule has 0 atom stereocenters. The zero-order chi connectivity index (χ0) is 13.5. The third kappa shape index (κ3) is 2.26. The van der Waals surface area contributed by atoms with E-state index in [2.05, 4.69) is 10.2 Å². The van der Waals surface area contributed by atoms with Crippen LogP contribution in [0.5, 0.6) is 0 Å². The maximum absolute atomic E-state index is 13.0. The van der Waals surface area contributed by atoms with E-state index in [-0.39, 0.29) is 0 Å². The Balaban J connectivity index is 2.01. The number of nitrogens with one attached hydrogen (secondary N) is 1. The molecule has 1 aromatic rings. The van der Waals surface area contributed by atoms with Crippen molar-refractivity contribution in [3.63, 3.8) is 0 Å². The first kappa shape index (κ1) is 12.6. The Labute approximate surface area is 110 Å². The van der Waals surface area contributed by atoms with Crippen LogP contribution in [0.25, 0.3) is 0 Å². The topological polar surface area (TPSA) is 15.3 Å². The van der Waals surface area contributed by atoms with Gasteiger partial charge in [-0.25, -0.2) is 0 Å². The standard InChI is InChI=1S/C14H17F3N2/c15-14(16,17)11-4-5-12(13-10(11)6-7-18-13)19-8-2-1-3-9-19/h4-5,18H,1-3,6-9H2. The van der Waals surface area contributed by atoms with Crippen molar-refractivity contribution in [2.24, 2.45) is 0 Å². The summed E-state index contributed by atoms with van der Waals surface area (Å²) in [6.07, 6.45) is -0.333. The monoisotopic (exact) mass is 270 g/mol. The number of benzene rings is 1. The zero-order valence-electron chi connectivity index (χ0n) is 10.7. The molecule has 0 amide bonds. The minimum atomic E-state index is -4.25. The molecule has 0 saturated carbocycles. The molecule has 0 unspecified atom stereocenters. The van der Waals surface area contributed by atoms with E-state index in [0.717, 1.165) is 31.6 Å². The predicted molar refractivity (Wildman–Crippen MR) is 69.7 cm³/mol. The van der Waals surface area contributed by atoms with Crippen molar-refractivity contribution in [2.75, 3.05) is 29.9 Å². The molecule has 104 valence electrons. The largest absolute Gasteiger partial charge is 0.416 e. The van der Waals surface area contributed by atoms with Gasteiger partial charge < -0.3 is 10.2 Å². The van der Waals surface area contributed by atoms with Gasteiger partial charge in [0.1, 0.15) is 0 Å². The lowest BCUT2D eigenvalue weighted by atomic mass is 10.0. The van der Waals surface area contributed by atoms with Crippen LogP contribution in [0, 0.1) is 0 Å². The predicted octanol–water partition coefficient (Wildman–Crippen LogP) is 3.66. The molecular formula is C14H17F3N2. The smallest absolute Gasteiger partial charge is 0.383 e. The van der Waals surface area contributed by atoms with Gasteiger partial charge >= 0.3 is 6.18 Å². The second-order valence-corrected chi connectivity index (χ2v) is 5.21. The summed E-state index contributed by atoms with van der Waals surface area (Å²) in [5, 5.41) is 3.14. The Kier molecular flexibility index (Phi) is 3.07. The second-order valence-electron chi connectivity index (χ2n) is 5.21. The summed E-state index contributed by atoms with van der Waals surface area (Å²) in [4.78, 5) is 2.21. The molecule has 0 bridgehead atoms. The summed E-state index contributed by atoms with van der Waals surface area (Å²) in [5.41, 5.74) is 1.61. The number of anilines is 2. The van der Waals surface area contributed by atoms with E-state index >= 15 is 0 Å². The first-order valence-electron chi connectivity index (χ1n) is 6.79. The van der Waals surface area contributed by atoms with E-state index in [1.165, 1.54) is 12.5 Å². The third-order valence-electron chi connectivity index (χ3n) is 3.97. The first-order chi connectivity index (χ1) is 9.07. The van der Waals surface area contributed by atoms with Crippen molar-refractivity contribution in [3.05, 3.63) is 23.3 Å². The van der Waals surface area contributed by atoms with Crippen molar-refractivity contribution in [3.8, 4) is 0 Å². The molecule has 0 spiro atoms. The summed E-state index contributed by atoms with van der Waals surface area (Å²) in [6.45, 7) is 2.49. The normalized spacial score (nSPS) is 19.2. The number of rotatable bonds is 1. The highest BCUT2D eigenvalue weighted by molar-refractivity contribution is 5.77. The van der Waals surface area contributed by atoms with Crippen LogP contribution in [0.4, 0.5) is 24.5 Å². The molecule has 3 rings (SSSR count). The number of nitrogens with zero attached hydrogens (tertiary/aromatic N) is 1. The summed E-state index contributed by atoms with van der Waals surface area (Å²) in [6, 6.07) is 2.88. The molecule has 1 N–H and O–H groups in total. The van der Waals surface area contributed by atoms with Crippen LogP contribution in [0.2, 0.25) is 0 Å². The second kappa shape index (κ2) is 4.62. The van der Waals surface area contributed by atoms with Crippen LogP contribution in [0.1, 0.15) is 30.4 Å². The lowest BCUT2D eigenvalue weighted by Crippen LogP contribution is -2.30. The van der Waals surface area contributed by atoms with E-state index in [1.807, 2.05) is 0 Å². The Bertz CT molecular complexity index is 476.